The van der Waals surface area contributed by atoms with Crippen molar-refractivity contribution in [3.63, 3.8) is 0 Å². The highest BCUT2D eigenvalue weighted by Gasteiger charge is 2.37. The minimum atomic E-state index is -0.973. The van der Waals surface area contributed by atoms with Gasteiger partial charge in [-0.05, 0) is 31.2 Å². The number of nitrogens with zero attached hydrogens (tertiary/aromatic N) is 4. The Hall–Kier alpha value is -3.65. The Morgan fingerprint density at radius 2 is 1.69 bits per heavy atom. The van der Waals surface area contributed by atoms with E-state index in [1.807, 2.05) is 65.2 Å². The molecule has 1 aliphatic heterocycles. The summed E-state index contributed by atoms with van der Waals surface area (Å²) in [7, 11) is 0. The predicted molar refractivity (Wildman–Crippen MR) is 131 cm³/mol. The van der Waals surface area contributed by atoms with Crippen molar-refractivity contribution >= 4 is 12.0 Å². The van der Waals surface area contributed by atoms with Crippen molar-refractivity contribution in [2.45, 2.75) is 43.9 Å². The highest BCUT2D eigenvalue weighted by atomic mass is 16.4. The zero-order valence-electron chi connectivity index (χ0n) is 19.5. The fourth-order valence-electron chi connectivity index (χ4n) is 5.39. The molecule has 8 heteroatoms. The van der Waals surface area contributed by atoms with Crippen LogP contribution in [0.4, 0.5) is 4.79 Å². The van der Waals surface area contributed by atoms with Crippen LogP contribution in [0.3, 0.4) is 0 Å². The highest BCUT2D eigenvalue weighted by Crippen LogP contribution is 2.36. The van der Waals surface area contributed by atoms with E-state index in [2.05, 4.69) is 4.98 Å². The summed E-state index contributed by atoms with van der Waals surface area (Å²) in [6.45, 7) is 0.809. The Morgan fingerprint density at radius 1 is 0.971 bits per heavy atom. The highest BCUT2D eigenvalue weighted by molar-refractivity contribution is 5.98. The molecule has 182 valence electrons. The first-order valence-electron chi connectivity index (χ1n) is 12.2. The Balaban J connectivity index is 1.51. The van der Waals surface area contributed by atoms with E-state index in [0.717, 1.165) is 30.4 Å². The number of hydrogen-bond acceptors (Lipinski definition) is 4. The maximum Gasteiger partial charge on any atom is 0.407 e. The van der Waals surface area contributed by atoms with E-state index >= 15 is 0 Å². The largest absolute Gasteiger partial charge is 0.465 e. The average molecular weight is 475 g/mol. The monoisotopic (exact) mass is 474 g/mol. The number of carbonyl (C=O) groups is 2. The molecule has 3 aromatic rings. The molecule has 1 saturated heterocycles. The molecule has 2 aromatic carbocycles. The van der Waals surface area contributed by atoms with Crippen molar-refractivity contribution in [1.29, 1.82) is 0 Å². The third kappa shape index (κ3) is 4.66. The van der Waals surface area contributed by atoms with E-state index in [4.69, 9.17) is 0 Å². The zero-order chi connectivity index (χ0) is 24.4. The van der Waals surface area contributed by atoms with Gasteiger partial charge in [-0.3, -0.25) is 4.79 Å². The van der Waals surface area contributed by atoms with Crippen molar-refractivity contribution in [1.82, 2.24) is 19.4 Å². The van der Waals surface area contributed by atoms with E-state index in [1.54, 1.807) is 11.2 Å². The van der Waals surface area contributed by atoms with Gasteiger partial charge in [0.1, 0.15) is 0 Å². The molecule has 2 amide bonds. The number of aromatic nitrogens is 2. The summed E-state index contributed by atoms with van der Waals surface area (Å²) in [6, 6.07) is 19.1. The second kappa shape index (κ2) is 9.92. The van der Waals surface area contributed by atoms with E-state index in [-0.39, 0.29) is 31.1 Å². The molecular formula is C27H30N4O4. The van der Waals surface area contributed by atoms with E-state index in [9.17, 15) is 19.8 Å². The van der Waals surface area contributed by atoms with Crippen LogP contribution >= 0.6 is 0 Å². The Bertz CT molecular complexity index is 1180. The molecule has 0 spiro atoms. The van der Waals surface area contributed by atoms with Gasteiger partial charge in [0.15, 0.2) is 5.69 Å². The van der Waals surface area contributed by atoms with Crippen molar-refractivity contribution in [2.24, 2.45) is 0 Å². The summed E-state index contributed by atoms with van der Waals surface area (Å²) < 4.78 is 1.96. The lowest BCUT2D eigenvalue weighted by Gasteiger charge is -2.40. The van der Waals surface area contributed by atoms with Crippen LogP contribution in [0.25, 0.3) is 11.3 Å². The van der Waals surface area contributed by atoms with E-state index in [0.29, 0.717) is 24.4 Å². The summed E-state index contributed by atoms with van der Waals surface area (Å²) in [6.07, 6.45) is 3.28. The molecule has 2 aliphatic rings. The lowest BCUT2D eigenvalue weighted by molar-refractivity contribution is 0.0447. The number of hydrogen-bond donors (Lipinski definition) is 2. The Kier molecular flexibility index (Phi) is 6.55. The molecule has 1 aromatic heterocycles. The smallest absolute Gasteiger partial charge is 0.407 e. The number of amides is 2. The van der Waals surface area contributed by atoms with Gasteiger partial charge in [-0.2, -0.15) is 0 Å². The van der Waals surface area contributed by atoms with Crippen molar-refractivity contribution in [3.8, 4) is 11.3 Å². The third-order valence-corrected chi connectivity index (χ3v) is 7.17. The number of aliphatic hydroxyl groups excluding tert-OH is 1. The van der Waals surface area contributed by atoms with Crippen LogP contribution in [-0.2, 0) is 6.42 Å². The summed E-state index contributed by atoms with van der Waals surface area (Å²) >= 11 is 0. The molecule has 5 rings (SSSR count). The van der Waals surface area contributed by atoms with Gasteiger partial charge in [-0.1, -0.05) is 60.7 Å². The topological polar surface area (TPSA) is 98.9 Å². The molecule has 2 unspecified atom stereocenters. The fraction of sp³-hybridized carbons (Fsp3) is 0.370. The number of imidazole rings is 1. The number of piperazine rings is 1. The van der Waals surface area contributed by atoms with Crippen molar-refractivity contribution < 1.29 is 19.8 Å². The van der Waals surface area contributed by atoms with Crippen molar-refractivity contribution in [3.05, 3.63) is 78.2 Å². The molecule has 2 N–H and O–H groups in total. The Morgan fingerprint density at radius 3 is 2.34 bits per heavy atom. The molecule has 0 radical (unpaired) electrons. The Labute approximate surface area is 204 Å². The molecular weight excluding hydrogens is 444 g/mol. The quantitative estimate of drug-likeness (QED) is 0.588. The van der Waals surface area contributed by atoms with Crippen LogP contribution in [-0.4, -0.2) is 73.3 Å². The van der Waals surface area contributed by atoms with Crippen LogP contribution in [0, 0.1) is 0 Å². The molecule has 1 aliphatic carbocycles. The number of benzene rings is 2. The van der Waals surface area contributed by atoms with Crippen molar-refractivity contribution in [2.75, 3.05) is 19.6 Å². The third-order valence-electron chi connectivity index (χ3n) is 7.17. The summed E-state index contributed by atoms with van der Waals surface area (Å²) in [4.78, 5) is 33.4. The number of carboxylic acid groups (broad SMARTS) is 1. The van der Waals surface area contributed by atoms with Gasteiger partial charge in [-0.15, -0.1) is 0 Å². The lowest BCUT2D eigenvalue weighted by Crippen LogP contribution is -2.57. The number of rotatable bonds is 5. The van der Waals surface area contributed by atoms with Crippen LogP contribution in [0.5, 0.6) is 0 Å². The molecule has 2 heterocycles. The van der Waals surface area contributed by atoms with Gasteiger partial charge < -0.3 is 24.6 Å². The standard InChI is InChI=1S/C27H30N4O4/c32-23-13-7-12-22(23)31-18-28-24(25(31)20-10-5-2-6-11-20)26(33)30-15-14-29(27(34)35)17-21(30)16-19-8-3-1-4-9-19/h1-6,8-11,18,21-23,32H,7,12-17H2,(H,34,35)/t21-,22?,23?/m1/s1. The molecule has 2 fully saturated rings. The van der Waals surface area contributed by atoms with Gasteiger partial charge in [0.2, 0.25) is 0 Å². The summed E-state index contributed by atoms with van der Waals surface area (Å²) in [5.41, 5.74) is 2.97. The maximum atomic E-state index is 14.0. The number of carbonyl (C=O) groups excluding carboxylic acids is 1. The maximum absolute atomic E-state index is 14.0. The lowest BCUT2D eigenvalue weighted by atomic mass is 10.0. The molecule has 3 atom stereocenters. The second-order valence-corrected chi connectivity index (χ2v) is 9.35. The van der Waals surface area contributed by atoms with Gasteiger partial charge in [0.05, 0.1) is 30.2 Å². The first-order chi connectivity index (χ1) is 17.0. The molecule has 8 nitrogen and oxygen atoms in total. The minimum absolute atomic E-state index is 0.122. The summed E-state index contributed by atoms with van der Waals surface area (Å²) in [5.74, 6) is -0.207. The van der Waals surface area contributed by atoms with Crippen LogP contribution in [0.15, 0.2) is 67.0 Å². The van der Waals surface area contributed by atoms with Crippen LogP contribution < -0.4 is 0 Å². The molecule has 1 saturated carbocycles. The van der Waals surface area contributed by atoms with E-state index < -0.39 is 12.2 Å². The SMILES string of the molecule is O=C(O)N1CCN(C(=O)c2ncn(C3CCCC3O)c2-c2ccccc2)[C@H](Cc2ccccc2)C1. The first-order valence-corrected chi connectivity index (χ1v) is 12.2. The van der Waals surface area contributed by atoms with Crippen LogP contribution in [0.2, 0.25) is 0 Å². The van der Waals surface area contributed by atoms with Crippen LogP contribution in [0.1, 0.15) is 41.4 Å². The predicted octanol–water partition coefficient (Wildman–Crippen LogP) is 3.68. The van der Waals surface area contributed by atoms with E-state index in [1.165, 1.54) is 4.90 Å². The molecule has 0 bridgehead atoms. The minimum Gasteiger partial charge on any atom is -0.465 e. The van der Waals surface area contributed by atoms with Gasteiger partial charge in [-0.25, -0.2) is 9.78 Å². The van der Waals surface area contributed by atoms with Gasteiger partial charge in [0, 0.05) is 25.2 Å². The normalized spacial score (nSPS) is 22.4. The average Bonchev–Trinajstić information content (AvgIpc) is 3.50. The second-order valence-electron chi connectivity index (χ2n) is 9.35. The van der Waals surface area contributed by atoms with Gasteiger partial charge in [0.25, 0.3) is 5.91 Å². The fourth-order valence-corrected chi connectivity index (χ4v) is 5.39. The summed E-state index contributed by atoms with van der Waals surface area (Å²) in [5, 5.41) is 20.2. The van der Waals surface area contributed by atoms with Gasteiger partial charge >= 0.3 is 6.09 Å². The molecule has 35 heavy (non-hydrogen) atoms. The first kappa shape index (κ1) is 23.1. The zero-order valence-corrected chi connectivity index (χ0v) is 19.5. The number of aliphatic hydroxyl groups is 1.